The highest BCUT2D eigenvalue weighted by Gasteiger charge is 2.38. The summed E-state index contributed by atoms with van der Waals surface area (Å²) in [5, 5.41) is 3.42. The first-order valence-corrected chi connectivity index (χ1v) is 9.32. The number of hydrogen-bond acceptors (Lipinski definition) is 6. The highest BCUT2D eigenvalue weighted by Crippen LogP contribution is 2.29. The molecule has 0 aliphatic carbocycles. The first-order valence-electron chi connectivity index (χ1n) is 9.32. The number of furan rings is 1. The van der Waals surface area contributed by atoms with Gasteiger partial charge in [-0.25, -0.2) is 0 Å². The van der Waals surface area contributed by atoms with Crippen LogP contribution < -0.4 is 0 Å². The molecule has 1 saturated heterocycles. The van der Waals surface area contributed by atoms with Crippen molar-refractivity contribution in [2.24, 2.45) is 0 Å². The van der Waals surface area contributed by atoms with E-state index in [2.05, 4.69) is 19.6 Å². The second-order valence-electron chi connectivity index (χ2n) is 7.05. The van der Waals surface area contributed by atoms with Crippen LogP contribution in [0.1, 0.15) is 29.9 Å². The number of halogens is 3. The maximum atomic E-state index is 12.6. The number of nitrogens with zero attached hydrogens (tertiary/aromatic N) is 3. The molecule has 0 saturated carbocycles. The van der Waals surface area contributed by atoms with E-state index in [0.29, 0.717) is 12.1 Å². The van der Waals surface area contributed by atoms with Gasteiger partial charge in [0.25, 0.3) is 0 Å². The molecule has 9 heteroatoms. The molecule has 3 heterocycles. The highest BCUT2D eigenvalue weighted by molar-refractivity contribution is 5.54. The van der Waals surface area contributed by atoms with Crippen LogP contribution in [0.15, 0.2) is 51.8 Å². The van der Waals surface area contributed by atoms with Gasteiger partial charge in [-0.3, -0.25) is 4.90 Å². The van der Waals surface area contributed by atoms with Gasteiger partial charge in [-0.1, -0.05) is 29.4 Å². The largest absolute Gasteiger partial charge is 0.472 e. The molecule has 2 aromatic heterocycles. The van der Waals surface area contributed by atoms with E-state index in [0.717, 1.165) is 43.7 Å². The van der Waals surface area contributed by atoms with Gasteiger partial charge >= 0.3 is 12.1 Å². The Bertz CT molecular complexity index is 901. The van der Waals surface area contributed by atoms with Crippen molar-refractivity contribution in [1.29, 1.82) is 0 Å². The van der Waals surface area contributed by atoms with Gasteiger partial charge in [0.05, 0.1) is 18.6 Å². The molecule has 3 aromatic rings. The summed E-state index contributed by atoms with van der Waals surface area (Å²) in [5.74, 6) is -1.43. The van der Waals surface area contributed by atoms with E-state index in [1.807, 2.05) is 18.2 Å². The van der Waals surface area contributed by atoms with Gasteiger partial charge in [0.1, 0.15) is 0 Å². The molecule has 0 spiro atoms. The van der Waals surface area contributed by atoms with Crippen molar-refractivity contribution in [1.82, 2.24) is 15.0 Å². The fraction of sp³-hybridized carbons (Fsp3) is 0.400. The minimum absolute atomic E-state index is 0.0847. The van der Waals surface area contributed by atoms with E-state index in [1.54, 1.807) is 24.7 Å². The average molecular weight is 407 g/mol. The van der Waals surface area contributed by atoms with Crippen LogP contribution in [0.25, 0.3) is 11.4 Å². The van der Waals surface area contributed by atoms with Gasteiger partial charge in [0.15, 0.2) is 0 Å². The lowest BCUT2D eigenvalue weighted by Gasteiger charge is -2.25. The Kier molecular flexibility index (Phi) is 5.68. The third kappa shape index (κ3) is 5.04. The Morgan fingerprint density at radius 2 is 1.86 bits per heavy atom. The molecule has 1 aromatic carbocycles. The molecule has 1 aliphatic rings. The molecule has 0 N–H and O–H groups in total. The van der Waals surface area contributed by atoms with Crippen molar-refractivity contribution in [3.05, 3.63) is 59.9 Å². The fourth-order valence-electron chi connectivity index (χ4n) is 3.38. The third-order valence-electron chi connectivity index (χ3n) is 4.76. The zero-order chi connectivity index (χ0) is 20.3. The van der Waals surface area contributed by atoms with Crippen molar-refractivity contribution >= 4 is 0 Å². The maximum absolute atomic E-state index is 12.6. The standard InChI is InChI=1S/C20H20F3N3O3/c21-20(22,23)19-24-18(25-29-19)16-5-3-14(4-6-16)10-26(11-15-7-9-27-13-15)12-17-2-1-8-28-17/h3-7,9,13,17H,1-2,8,10-12H2. The van der Waals surface area contributed by atoms with E-state index in [1.165, 1.54) is 0 Å². The molecule has 1 aliphatic heterocycles. The van der Waals surface area contributed by atoms with Crippen molar-refractivity contribution in [3.63, 3.8) is 0 Å². The minimum atomic E-state index is -4.65. The van der Waals surface area contributed by atoms with Crippen LogP contribution in [-0.2, 0) is 24.0 Å². The van der Waals surface area contributed by atoms with E-state index in [-0.39, 0.29) is 11.9 Å². The lowest BCUT2D eigenvalue weighted by atomic mass is 10.1. The first-order chi connectivity index (χ1) is 14.0. The predicted molar refractivity (Wildman–Crippen MR) is 96.5 cm³/mol. The van der Waals surface area contributed by atoms with Crippen molar-refractivity contribution in [3.8, 4) is 11.4 Å². The summed E-state index contributed by atoms with van der Waals surface area (Å²) in [6, 6.07) is 9.04. The predicted octanol–water partition coefficient (Wildman–Crippen LogP) is 4.53. The van der Waals surface area contributed by atoms with Crippen LogP contribution in [-0.4, -0.2) is 34.3 Å². The van der Waals surface area contributed by atoms with Crippen LogP contribution >= 0.6 is 0 Å². The van der Waals surface area contributed by atoms with Crippen molar-refractivity contribution < 1.29 is 26.8 Å². The molecule has 4 rings (SSSR count). The van der Waals surface area contributed by atoms with Gasteiger partial charge in [0.2, 0.25) is 5.82 Å². The highest BCUT2D eigenvalue weighted by atomic mass is 19.4. The molecule has 1 fully saturated rings. The Balaban J connectivity index is 1.45. The van der Waals surface area contributed by atoms with E-state index < -0.39 is 12.1 Å². The Labute approximate surface area is 165 Å². The van der Waals surface area contributed by atoms with Gasteiger partial charge in [-0.15, -0.1) is 0 Å². The molecule has 1 unspecified atom stereocenters. The number of benzene rings is 1. The average Bonchev–Trinajstić information content (AvgIpc) is 3.44. The second kappa shape index (κ2) is 8.38. The summed E-state index contributed by atoms with van der Waals surface area (Å²) in [7, 11) is 0. The molecule has 0 bridgehead atoms. The van der Waals surface area contributed by atoms with Crippen LogP contribution in [0.5, 0.6) is 0 Å². The lowest BCUT2D eigenvalue weighted by molar-refractivity contribution is -0.159. The summed E-state index contributed by atoms with van der Waals surface area (Å²) in [4.78, 5) is 5.69. The van der Waals surface area contributed by atoms with E-state index in [4.69, 9.17) is 9.15 Å². The SMILES string of the molecule is FC(F)(F)c1nc(-c2ccc(CN(Cc3ccoc3)CC3CCCO3)cc2)no1. The molecular formula is C20H20F3N3O3. The van der Waals surface area contributed by atoms with Crippen LogP contribution in [0.2, 0.25) is 0 Å². The number of rotatable bonds is 7. The zero-order valence-corrected chi connectivity index (χ0v) is 15.6. The molecule has 0 amide bonds. The summed E-state index contributed by atoms with van der Waals surface area (Å²) in [5.41, 5.74) is 2.56. The summed E-state index contributed by atoms with van der Waals surface area (Å²) in [6.45, 7) is 2.99. The van der Waals surface area contributed by atoms with Gasteiger partial charge in [-0.05, 0) is 24.5 Å². The molecule has 154 valence electrons. The normalized spacial score (nSPS) is 17.3. The van der Waals surface area contributed by atoms with Crippen LogP contribution in [0.4, 0.5) is 13.2 Å². The van der Waals surface area contributed by atoms with Crippen LogP contribution in [0, 0.1) is 0 Å². The fourth-order valence-corrected chi connectivity index (χ4v) is 3.38. The van der Waals surface area contributed by atoms with E-state index in [9.17, 15) is 13.2 Å². The smallest absolute Gasteiger partial charge is 0.471 e. The summed E-state index contributed by atoms with van der Waals surface area (Å²) in [6.07, 6.45) is 1.04. The van der Waals surface area contributed by atoms with Gasteiger partial charge in [-0.2, -0.15) is 18.2 Å². The lowest BCUT2D eigenvalue weighted by Crippen LogP contribution is -2.31. The molecule has 6 nitrogen and oxygen atoms in total. The van der Waals surface area contributed by atoms with E-state index >= 15 is 0 Å². The molecule has 0 radical (unpaired) electrons. The zero-order valence-electron chi connectivity index (χ0n) is 15.6. The van der Waals surface area contributed by atoms with Crippen LogP contribution in [0.3, 0.4) is 0 Å². The molecular weight excluding hydrogens is 387 g/mol. The maximum Gasteiger partial charge on any atom is 0.471 e. The summed E-state index contributed by atoms with van der Waals surface area (Å²) < 4.78 is 53.1. The quantitative estimate of drug-likeness (QED) is 0.573. The Morgan fingerprint density at radius 3 is 2.48 bits per heavy atom. The number of hydrogen-bond donors (Lipinski definition) is 0. The molecule has 29 heavy (non-hydrogen) atoms. The second-order valence-corrected chi connectivity index (χ2v) is 7.05. The van der Waals surface area contributed by atoms with Gasteiger partial charge < -0.3 is 13.7 Å². The number of ether oxygens (including phenoxy) is 1. The topological polar surface area (TPSA) is 64.5 Å². The Morgan fingerprint density at radius 1 is 1.07 bits per heavy atom. The number of alkyl halides is 3. The molecule has 1 atom stereocenters. The minimum Gasteiger partial charge on any atom is -0.472 e. The number of aromatic nitrogens is 2. The monoisotopic (exact) mass is 407 g/mol. The summed E-state index contributed by atoms with van der Waals surface area (Å²) >= 11 is 0. The third-order valence-corrected chi connectivity index (χ3v) is 4.76. The van der Waals surface area contributed by atoms with Crippen molar-refractivity contribution in [2.75, 3.05) is 13.2 Å². The van der Waals surface area contributed by atoms with Gasteiger partial charge in [0, 0.05) is 37.4 Å². The first kappa shape index (κ1) is 19.7. The van der Waals surface area contributed by atoms with Crippen molar-refractivity contribution in [2.45, 2.75) is 38.2 Å². The Hall–Kier alpha value is -2.65.